The number of methoxy groups -OCH3 is 1. The summed E-state index contributed by atoms with van der Waals surface area (Å²) in [7, 11) is 1.55. The van der Waals surface area contributed by atoms with Crippen LogP contribution in [0, 0.1) is 11.6 Å². The van der Waals surface area contributed by atoms with E-state index in [0.717, 1.165) is 25.2 Å². The molecule has 0 bridgehead atoms. The third-order valence-electron chi connectivity index (χ3n) is 6.41. The molecule has 0 radical (unpaired) electrons. The van der Waals surface area contributed by atoms with E-state index < -0.39 is 23.6 Å². The first-order valence-corrected chi connectivity index (χ1v) is 12.0. The summed E-state index contributed by atoms with van der Waals surface area (Å²) in [6, 6.07) is 9.89. The third-order valence-corrected chi connectivity index (χ3v) is 6.41. The molecular weight excluding hydrogens is 472 g/mol. The molecule has 0 aliphatic carbocycles. The number of amides is 2. The Bertz CT molecular complexity index is 1060. The summed E-state index contributed by atoms with van der Waals surface area (Å²) in [6.07, 6.45) is -0.453. The van der Waals surface area contributed by atoms with Crippen LogP contribution in [0.5, 0.6) is 5.75 Å². The molecule has 0 aromatic heterocycles. The van der Waals surface area contributed by atoms with Gasteiger partial charge >= 0.3 is 0 Å². The zero-order valence-corrected chi connectivity index (χ0v) is 20.3. The second-order valence-corrected chi connectivity index (χ2v) is 8.81. The Hall–Kier alpha value is -3.08. The number of hydrogen-bond donors (Lipinski definition) is 0. The van der Waals surface area contributed by atoms with Crippen LogP contribution < -0.4 is 4.74 Å². The number of ether oxygens (including phenoxy) is 3. The van der Waals surface area contributed by atoms with Gasteiger partial charge in [0.25, 0.3) is 11.8 Å². The minimum atomic E-state index is -0.900. The van der Waals surface area contributed by atoms with Crippen molar-refractivity contribution in [1.29, 1.82) is 0 Å². The van der Waals surface area contributed by atoms with Gasteiger partial charge in [-0.2, -0.15) is 0 Å². The van der Waals surface area contributed by atoms with E-state index >= 15 is 0 Å². The molecule has 8 nitrogen and oxygen atoms in total. The van der Waals surface area contributed by atoms with Gasteiger partial charge in [0.1, 0.15) is 17.4 Å². The summed E-state index contributed by atoms with van der Waals surface area (Å²) in [5.41, 5.74) is 0.308. The number of nitrogens with zero attached hydrogens (tertiary/aromatic N) is 3. The lowest BCUT2D eigenvalue weighted by Gasteiger charge is -2.37. The summed E-state index contributed by atoms with van der Waals surface area (Å²) >= 11 is 0. The van der Waals surface area contributed by atoms with Gasteiger partial charge in [0.05, 0.1) is 38.6 Å². The molecule has 36 heavy (non-hydrogen) atoms. The highest BCUT2D eigenvalue weighted by atomic mass is 19.1. The molecule has 2 fully saturated rings. The minimum Gasteiger partial charge on any atom is -0.497 e. The molecule has 0 unspecified atom stereocenters. The van der Waals surface area contributed by atoms with Crippen LogP contribution in [0.2, 0.25) is 0 Å². The Kier molecular flexibility index (Phi) is 8.84. The van der Waals surface area contributed by atoms with Crippen molar-refractivity contribution in [3.8, 4) is 5.75 Å². The van der Waals surface area contributed by atoms with Crippen molar-refractivity contribution >= 4 is 11.8 Å². The van der Waals surface area contributed by atoms with Gasteiger partial charge in [0, 0.05) is 57.4 Å². The summed E-state index contributed by atoms with van der Waals surface area (Å²) in [5.74, 6) is -1.75. The fourth-order valence-electron chi connectivity index (χ4n) is 4.39. The van der Waals surface area contributed by atoms with Crippen LogP contribution in [-0.2, 0) is 9.47 Å². The fraction of sp³-hybridized carbons (Fsp3) is 0.462. The van der Waals surface area contributed by atoms with Gasteiger partial charge in [-0.15, -0.1) is 0 Å². The molecule has 2 heterocycles. The predicted molar refractivity (Wildman–Crippen MR) is 128 cm³/mol. The minimum absolute atomic E-state index is 0.168. The topological polar surface area (TPSA) is 71.6 Å². The molecule has 0 N–H and O–H groups in total. The monoisotopic (exact) mass is 503 g/mol. The maximum absolute atomic E-state index is 14.2. The molecule has 194 valence electrons. The Balaban J connectivity index is 1.46. The van der Waals surface area contributed by atoms with Crippen molar-refractivity contribution in [3.63, 3.8) is 0 Å². The van der Waals surface area contributed by atoms with Gasteiger partial charge in [0.15, 0.2) is 0 Å². The number of carbonyl (C=O) groups is 2. The van der Waals surface area contributed by atoms with E-state index in [2.05, 4.69) is 4.90 Å². The van der Waals surface area contributed by atoms with Crippen molar-refractivity contribution in [2.75, 3.05) is 72.7 Å². The Morgan fingerprint density at radius 3 is 2.64 bits per heavy atom. The average molecular weight is 504 g/mol. The van der Waals surface area contributed by atoms with Crippen molar-refractivity contribution in [2.24, 2.45) is 0 Å². The molecule has 2 aromatic carbocycles. The molecule has 2 aliphatic rings. The first-order chi connectivity index (χ1) is 17.4. The van der Waals surface area contributed by atoms with Crippen molar-refractivity contribution in [2.45, 2.75) is 6.10 Å². The van der Waals surface area contributed by atoms with Crippen molar-refractivity contribution in [1.82, 2.24) is 14.7 Å². The van der Waals surface area contributed by atoms with Gasteiger partial charge in [-0.3, -0.25) is 14.5 Å². The van der Waals surface area contributed by atoms with E-state index in [0.29, 0.717) is 43.7 Å². The molecule has 2 amide bonds. The van der Waals surface area contributed by atoms with Crippen molar-refractivity contribution in [3.05, 3.63) is 65.2 Å². The van der Waals surface area contributed by atoms with Gasteiger partial charge in [-0.1, -0.05) is 6.07 Å². The van der Waals surface area contributed by atoms with E-state index in [4.69, 9.17) is 14.2 Å². The van der Waals surface area contributed by atoms with Crippen LogP contribution in [0.25, 0.3) is 0 Å². The van der Waals surface area contributed by atoms with Crippen LogP contribution in [0.1, 0.15) is 20.7 Å². The Morgan fingerprint density at radius 1 is 1.08 bits per heavy atom. The lowest BCUT2D eigenvalue weighted by atomic mass is 10.1. The van der Waals surface area contributed by atoms with Gasteiger partial charge in [0.2, 0.25) is 0 Å². The van der Waals surface area contributed by atoms with Crippen LogP contribution in [0.15, 0.2) is 42.5 Å². The first kappa shape index (κ1) is 26.0. The predicted octanol–water partition coefficient (Wildman–Crippen LogP) is 2.29. The normalized spacial score (nSPS) is 18.6. The van der Waals surface area contributed by atoms with E-state index in [9.17, 15) is 18.4 Å². The van der Waals surface area contributed by atoms with Crippen LogP contribution in [0.4, 0.5) is 8.78 Å². The van der Waals surface area contributed by atoms with Crippen molar-refractivity contribution < 1.29 is 32.6 Å². The lowest BCUT2D eigenvalue weighted by Crippen LogP contribution is -2.52. The molecule has 10 heteroatoms. The highest BCUT2D eigenvalue weighted by Gasteiger charge is 2.30. The fourth-order valence-corrected chi connectivity index (χ4v) is 4.39. The van der Waals surface area contributed by atoms with E-state index in [1.807, 2.05) is 0 Å². The number of benzene rings is 2. The smallest absolute Gasteiger partial charge is 0.257 e. The summed E-state index contributed by atoms with van der Waals surface area (Å²) in [6.45, 7) is 5.04. The van der Waals surface area contributed by atoms with E-state index in [1.54, 1.807) is 36.3 Å². The quantitative estimate of drug-likeness (QED) is 0.551. The highest BCUT2D eigenvalue weighted by molar-refractivity contribution is 5.95. The standard InChI is InChI=1S/C26H31F2N3O5/c1-34-21-4-2-3-19(15-21)25(32)30(8-7-29-9-12-35-13-10-29)17-22-18-31(11-14-36-22)26(33)23-6-5-20(27)16-24(23)28/h2-6,15-16,22H,7-14,17-18H2,1H3/t22-/m0/s1. The second kappa shape index (κ2) is 12.2. The Morgan fingerprint density at radius 2 is 1.89 bits per heavy atom. The zero-order chi connectivity index (χ0) is 25.5. The lowest BCUT2D eigenvalue weighted by molar-refractivity contribution is -0.0348. The van der Waals surface area contributed by atoms with E-state index in [-0.39, 0.29) is 37.7 Å². The average Bonchev–Trinajstić information content (AvgIpc) is 2.91. The summed E-state index contributed by atoms with van der Waals surface area (Å²) in [5, 5.41) is 0. The molecule has 2 aromatic rings. The summed E-state index contributed by atoms with van der Waals surface area (Å²) in [4.78, 5) is 31.8. The molecule has 2 saturated heterocycles. The maximum atomic E-state index is 14.2. The number of hydrogen-bond acceptors (Lipinski definition) is 6. The molecule has 4 rings (SSSR count). The van der Waals surface area contributed by atoms with Gasteiger partial charge in [-0.25, -0.2) is 8.78 Å². The molecule has 0 spiro atoms. The van der Waals surface area contributed by atoms with Crippen LogP contribution >= 0.6 is 0 Å². The largest absolute Gasteiger partial charge is 0.497 e. The molecule has 0 saturated carbocycles. The number of halogens is 2. The number of carbonyl (C=O) groups excluding carboxylic acids is 2. The summed E-state index contributed by atoms with van der Waals surface area (Å²) < 4.78 is 44.1. The zero-order valence-electron chi connectivity index (χ0n) is 20.3. The molecule has 1 atom stereocenters. The Labute approximate surface area is 209 Å². The third kappa shape index (κ3) is 6.57. The highest BCUT2D eigenvalue weighted by Crippen LogP contribution is 2.18. The van der Waals surface area contributed by atoms with Gasteiger partial charge in [-0.05, 0) is 30.3 Å². The maximum Gasteiger partial charge on any atom is 0.257 e. The number of morpholine rings is 2. The molecular formula is C26H31F2N3O5. The van der Waals surface area contributed by atoms with Crippen LogP contribution in [-0.4, -0.2) is 105 Å². The SMILES string of the molecule is COc1cccc(C(=O)N(CCN2CCOCC2)C[C@H]2CN(C(=O)c3ccc(F)cc3F)CCO2)c1. The van der Waals surface area contributed by atoms with Gasteiger partial charge < -0.3 is 24.0 Å². The first-order valence-electron chi connectivity index (χ1n) is 12.0. The second-order valence-electron chi connectivity index (χ2n) is 8.81. The van der Waals surface area contributed by atoms with E-state index in [1.165, 1.54) is 4.90 Å². The number of rotatable bonds is 8. The van der Waals surface area contributed by atoms with Crippen LogP contribution in [0.3, 0.4) is 0 Å². The molecule has 2 aliphatic heterocycles.